The maximum absolute atomic E-state index is 13.3. The van der Waals surface area contributed by atoms with Crippen molar-refractivity contribution in [3.8, 4) is 0 Å². The molecule has 1 aromatic carbocycles. The summed E-state index contributed by atoms with van der Waals surface area (Å²) in [5.74, 6) is -0.830. The number of esters is 1. The second kappa shape index (κ2) is 12.5. The first kappa shape index (κ1) is 28.5. The highest BCUT2D eigenvalue weighted by Gasteiger charge is 2.43. The first-order valence-corrected chi connectivity index (χ1v) is 12.9. The van der Waals surface area contributed by atoms with Gasteiger partial charge in [0.15, 0.2) is 5.78 Å². The fourth-order valence-corrected chi connectivity index (χ4v) is 5.35. The number of carbonyl (C=O) groups excluding carboxylic acids is 2. The summed E-state index contributed by atoms with van der Waals surface area (Å²) in [6.45, 7) is 11.9. The first-order chi connectivity index (χ1) is 17.1. The Morgan fingerprint density at radius 2 is 1.83 bits per heavy atom. The van der Waals surface area contributed by atoms with E-state index >= 15 is 0 Å². The van der Waals surface area contributed by atoms with Gasteiger partial charge in [-0.05, 0) is 17.9 Å². The predicted molar refractivity (Wildman–Crippen MR) is 136 cm³/mol. The normalized spacial score (nSPS) is 35.9. The van der Waals surface area contributed by atoms with Crippen LogP contribution in [0.25, 0.3) is 0 Å². The minimum absolute atomic E-state index is 0.0255. The van der Waals surface area contributed by atoms with Gasteiger partial charge in [-0.2, -0.15) is 0 Å². The number of benzene rings is 1. The summed E-state index contributed by atoms with van der Waals surface area (Å²) in [5, 5.41) is 11.0. The van der Waals surface area contributed by atoms with Crippen LogP contribution in [0.4, 0.5) is 0 Å². The van der Waals surface area contributed by atoms with Crippen molar-refractivity contribution in [1.82, 2.24) is 0 Å². The Kier molecular flexibility index (Phi) is 9.86. The third kappa shape index (κ3) is 6.82. The zero-order valence-corrected chi connectivity index (χ0v) is 22.2. The molecule has 1 N–H and O–H groups in total. The Hall–Kier alpha value is -2.06. The van der Waals surface area contributed by atoms with Crippen molar-refractivity contribution < 1.29 is 33.6 Å². The van der Waals surface area contributed by atoms with E-state index in [2.05, 4.69) is 6.58 Å². The molecule has 0 unspecified atom stereocenters. The van der Waals surface area contributed by atoms with Gasteiger partial charge in [0.1, 0.15) is 12.2 Å². The van der Waals surface area contributed by atoms with Gasteiger partial charge in [0.2, 0.25) is 0 Å². The summed E-state index contributed by atoms with van der Waals surface area (Å²) in [6, 6.07) is 9.92. The molecule has 0 aliphatic carbocycles. The molecule has 2 bridgehead atoms. The minimum Gasteiger partial charge on any atom is -0.457 e. The number of cyclic esters (lactones) is 1. The molecule has 2 fully saturated rings. The fourth-order valence-electron chi connectivity index (χ4n) is 5.35. The largest absolute Gasteiger partial charge is 0.457 e. The van der Waals surface area contributed by atoms with E-state index in [-0.39, 0.29) is 36.6 Å². The van der Waals surface area contributed by atoms with E-state index in [0.717, 1.165) is 5.56 Å². The topological polar surface area (TPSA) is 91.3 Å². The molecule has 2 saturated heterocycles. The van der Waals surface area contributed by atoms with Crippen molar-refractivity contribution in [3.63, 3.8) is 0 Å². The molecule has 3 rings (SSSR count). The number of hydrogen-bond donors (Lipinski definition) is 1. The molecule has 2 aliphatic rings. The van der Waals surface area contributed by atoms with E-state index in [1.165, 1.54) is 7.11 Å². The van der Waals surface area contributed by atoms with E-state index in [9.17, 15) is 14.7 Å². The lowest BCUT2D eigenvalue weighted by Crippen LogP contribution is -2.49. The van der Waals surface area contributed by atoms with Gasteiger partial charge in [0.05, 0.1) is 37.4 Å². The number of Topliss-reactive ketones (excluding diaryl/α,β-unsaturated/α-hetero) is 1. The molecule has 0 spiro atoms. The smallest absolute Gasteiger partial charge is 0.309 e. The molecule has 36 heavy (non-hydrogen) atoms. The van der Waals surface area contributed by atoms with Crippen molar-refractivity contribution in [2.24, 2.45) is 17.3 Å². The number of ketones is 1. The quantitative estimate of drug-likeness (QED) is 0.475. The van der Waals surface area contributed by atoms with Gasteiger partial charge in [0.25, 0.3) is 0 Å². The maximum atomic E-state index is 13.3. The lowest BCUT2D eigenvalue weighted by molar-refractivity contribution is -0.180. The average Bonchev–Trinajstić information content (AvgIpc) is 2.83. The van der Waals surface area contributed by atoms with Crippen LogP contribution in [0.15, 0.2) is 43.0 Å². The van der Waals surface area contributed by atoms with Gasteiger partial charge in [-0.1, -0.05) is 70.7 Å². The lowest BCUT2D eigenvalue weighted by atomic mass is 9.76. The Bertz CT molecular complexity index is 883. The van der Waals surface area contributed by atoms with Crippen LogP contribution >= 0.6 is 0 Å². The first-order valence-electron chi connectivity index (χ1n) is 12.9. The van der Waals surface area contributed by atoms with Crippen LogP contribution < -0.4 is 0 Å². The molecule has 0 amide bonds. The number of aliphatic hydroxyl groups is 1. The van der Waals surface area contributed by atoms with Crippen LogP contribution in [0, 0.1) is 17.3 Å². The van der Waals surface area contributed by atoms with Crippen LogP contribution in [0.1, 0.15) is 58.9 Å². The van der Waals surface area contributed by atoms with E-state index in [1.54, 1.807) is 6.08 Å². The van der Waals surface area contributed by atoms with E-state index < -0.39 is 41.9 Å². The molecule has 1 aromatic rings. The van der Waals surface area contributed by atoms with Gasteiger partial charge in [-0.3, -0.25) is 9.59 Å². The standard InChI is InChI=1S/C29H42O7/c1-7-26-29(4,5)25(31)13-18(2)28(33-6)22(30)14-21-15-23(34-17-20-11-9-8-10-12-20)19(3)24(35-21)16-27(32)36-26/h7-12,18-19,21,23-26,28,31H,1,13-17H2,2-6H3/t18-,19-,21-,23+,24+,25-,26-,28-/m1/s1. The second-order valence-electron chi connectivity index (χ2n) is 11.0. The summed E-state index contributed by atoms with van der Waals surface area (Å²) in [5.41, 5.74) is 0.254. The fraction of sp³-hybridized carbons (Fsp3) is 0.655. The summed E-state index contributed by atoms with van der Waals surface area (Å²) in [6.07, 6.45) is -0.679. The lowest BCUT2D eigenvalue weighted by Gasteiger charge is -2.42. The number of fused-ring (bicyclic) bond motifs is 2. The molecule has 0 saturated carbocycles. The molecule has 2 heterocycles. The molecular weight excluding hydrogens is 460 g/mol. The zero-order chi connectivity index (χ0) is 26.5. The van der Waals surface area contributed by atoms with Crippen molar-refractivity contribution in [2.75, 3.05) is 7.11 Å². The summed E-state index contributed by atoms with van der Waals surface area (Å²) in [4.78, 5) is 26.3. The van der Waals surface area contributed by atoms with E-state index in [4.69, 9.17) is 18.9 Å². The molecular formula is C29H42O7. The van der Waals surface area contributed by atoms with Crippen molar-refractivity contribution in [1.29, 1.82) is 0 Å². The molecule has 0 aromatic heterocycles. The summed E-state index contributed by atoms with van der Waals surface area (Å²) < 4.78 is 24.0. The average molecular weight is 503 g/mol. The SMILES string of the molecule is C=C[C@H]1OC(=O)C[C@@H]2O[C@H](CC(=O)[C@H](OC)[C@H](C)C[C@@H](O)C1(C)C)C[C@H](OCc1ccccc1)[C@H]2C. The number of hydrogen-bond acceptors (Lipinski definition) is 7. The van der Waals surface area contributed by atoms with Gasteiger partial charge in [0, 0.05) is 31.3 Å². The number of methoxy groups -OCH3 is 1. The predicted octanol–water partition coefficient (Wildman–Crippen LogP) is 4.25. The number of carbonyl (C=O) groups is 2. The van der Waals surface area contributed by atoms with Gasteiger partial charge in [-0.15, -0.1) is 0 Å². The van der Waals surface area contributed by atoms with Crippen LogP contribution in [0.3, 0.4) is 0 Å². The van der Waals surface area contributed by atoms with Crippen molar-refractivity contribution in [2.45, 2.75) is 96.6 Å². The monoisotopic (exact) mass is 502 g/mol. The summed E-state index contributed by atoms with van der Waals surface area (Å²) >= 11 is 0. The number of rotatable bonds is 5. The molecule has 0 radical (unpaired) electrons. The molecule has 7 nitrogen and oxygen atoms in total. The highest BCUT2D eigenvalue weighted by atomic mass is 16.6. The van der Waals surface area contributed by atoms with Crippen LogP contribution in [0.2, 0.25) is 0 Å². The van der Waals surface area contributed by atoms with Gasteiger partial charge < -0.3 is 24.1 Å². The van der Waals surface area contributed by atoms with Crippen LogP contribution in [-0.4, -0.2) is 60.6 Å². The van der Waals surface area contributed by atoms with Crippen molar-refractivity contribution >= 4 is 11.8 Å². The van der Waals surface area contributed by atoms with E-state index in [1.807, 2.05) is 58.0 Å². The third-order valence-corrected chi connectivity index (χ3v) is 7.89. The Morgan fingerprint density at radius 3 is 2.47 bits per heavy atom. The molecule has 8 atom stereocenters. The highest BCUT2D eigenvalue weighted by Crippen LogP contribution is 2.36. The van der Waals surface area contributed by atoms with Gasteiger partial charge >= 0.3 is 5.97 Å². The number of ether oxygens (including phenoxy) is 4. The maximum Gasteiger partial charge on any atom is 0.309 e. The molecule has 2 aliphatic heterocycles. The van der Waals surface area contributed by atoms with E-state index in [0.29, 0.717) is 19.4 Å². The van der Waals surface area contributed by atoms with Crippen LogP contribution in [-0.2, 0) is 35.1 Å². The Balaban J connectivity index is 1.87. The minimum atomic E-state index is -0.831. The molecule has 200 valence electrons. The van der Waals surface area contributed by atoms with Crippen molar-refractivity contribution in [3.05, 3.63) is 48.6 Å². The Labute approximate surface area is 215 Å². The third-order valence-electron chi connectivity index (χ3n) is 7.89. The Morgan fingerprint density at radius 1 is 1.14 bits per heavy atom. The highest BCUT2D eigenvalue weighted by molar-refractivity contribution is 5.83. The zero-order valence-electron chi connectivity index (χ0n) is 22.2. The molecule has 7 heteroatoms. The second-order valence-corrected chi connectivity index (χ2v) is 11.0. The van der Waals surface area contributed by atoms with Crippen LogP contribution in [0.5, 0.6) is 0 Å². The summed E-state index contributed by atoms with van der Waals surface area (Å²) in [7, 11) is 1.52. The van der Waals surface area contributed by atoms with Gasteiger partial charge in [-0.25, -0.2) is 0 Å². The number of aliphatic hydroxyl groups excluding tert-OH is 1.